The molecule has 2 N–H and O–H groups in total. The van der Waals surface area contributed by atoms with Gasteiger partial charge in [-0.05, 0) is 13.5 Å². The lowest BCUT2D eigenvalue weighted by atomic mass is 10.2. The number of thiazole rings is 1. The van der Waals surface area contributed by atoms with Crippen LogP contribution in [0.4, 0.5) is 5.82 Å². The van der Waals surface area contributed by atoms with Gasteiger partial charge in [-0.15, -0.1) is 11.3 Å². The fourth-order valence-electron chi connectivity index (χ4n) is 2.80. The predicted molar refractivity (Wildman–Crippen MR) is 84.1 cm³/mol. The van der Waals surface area contributed by atoms with Crippen molar-refractivity contribution in [1.29, 1.82) is 0 Å². The summed E-state index contributed by atoms with van der Waals surface area (Å²) in [4.78, 5) is 8.03. The Labute approximate surface area is 128 Å². The van der Waals surface area contributed by atoms with Crippen LogP contribution in [0, 0.1) is 0 Å². The van der Waals surface area contributed by atoms with Crippen molar-refractivity contribution in [3.63, 3.8) is 0 Å². The first-order valence-electron chi connectivity index (χ1n) is 7.39. The molecule has 2 atom stereocenters. The summed E-state index contributed by atoms with van der Waals surface area (Å²) < 4.78 is 7.87. The van der Waals surface area contributed by atoms with E-state index in [1.54, 1.807) is 11.3 Å². The van der Waals surface area contributed by atoms with Gasteiger partial charge in [-0.25, -0.2) is 4.98 Å². The summed E-state index contributed by atoms with van der Waals surface area (Å²) in [7, 11) is 0. The molecule has 0 aliphatic carbocycles. The summed E-state index contributed by atoms with van der Waals surface area (Å²) in [6.45, 7) is 7.40. The summed E-state index contributed by atoms with van der Waals surface area (Å²) in [6, 6.07) is 0. The van der Waals surface area contributed by atoms with E-state index >= 15 is 0 Å². The van der Waals surface area contributed by atoms with Gasteiger partial charge in [-0.3, -0.25) is 4.40 Å². The Hall–Kier alpha value is -1.15. The lowest BCUT2D eigenvalue weighted by Gasteiger charge is -2.36. The molecule has 0 spiro atoms. The second-order valence-electron chi connectivity index (χ2n) is 5.37. The van der Waals surface area contributed by atoms with E-state index < -0.39 is 0 Å². The molecule has 0 aromatic carbocycles. The molecule has 1 saturated heterocycles. The number of hydrogen-bond donors (Lipinski definition) is 2. The zero-order chi connectivity index (χ0) is 14.8. The van der Waals surface area contributed by atoms with E-state index in [0.717, 1.165) is 30.4 Å². The highest BCUT2D eigenvalue weighted by Gasteiger charge is 2.28. The van der Waals surface area contributed by atoms with Crippen molar-refractivity contribution in [2.45, 2.75) is 32.6 Å². The van der Waals surface area contributed by atoms with Crippen molar-refractivity contribution >= 4 is 22.1 Å². The lowest BCUT2D eigenvalue weighted by Crippen LogP contribution is -2.48. The molecule has 21 heavy (non-hydrogen) atoms. The van der Waals surface area contributed by atoms with E-state index in [2.05, 4.69) is 33.1 Å². The highest BCUT2D eigenvalue weighted by atomic mass is 32.1. The number of morpholine rings is 1. The Morgan fingerprint density at radius 2 is 2.38 bits per heavy atom. The molecule has 3 rings (SSSR count). The molecule has 116 valence electrons. The lowest BCUT2D eigenvalue weighted by molar-refractivity contribution is -0.0423. The van der Waals surface area contributed by atoms with Crippen molar-refractivity contribution in [3.8, 4) is 0 Å². The summed E-state index contributed by atoms with van der Waals surface area (Å²) in [5, 5.41) is 14.8. The Balaban J connectivity index is 1.92. The number of anilines is 1. The third-order valence-corrected chi connectivity index (χ3v) is 4.47. The highest BCUT2D eigenvalue weighted by molar-refractivity contribution is 7.15. The van der Waals surface area contributed by atoms with Gasteiger partial charge in [0.1, 0.15) is 0 Å². The van der Waals surface area contributed by atoms with Gasteiger partial charge in [0, 0.05) is 31.2 Å². The summed E-state index contributed by atoms with van der Waals surface area (Å²) >= 11 is 1.64. The third kappa shape index (κ3) is 2.91. The maximum atomic E-state index is 9.40. The van der Waals surface area contributed by atoms with Crippen LogP contribution in [0.15, 0.2) is 11.6 Å². The van der Waals surface area contributed by atoms with Gasteiger partial charge >= 0.3 is 0 Å². The van der Waals surface area contributed by atoms with Gasteiger partial charge in [0.15, 0.2) is 10.8 Å². The van der Waals surface area contributed by atoms with Crippen LogP contribution < -0.4 is 10.2 Å². The number of fused-ring (bicyclic) bond motifs is 1. The normalized spacial score (nSPS) is 23.1. The molecule has 0 radical (unpaired) electrons. The molecule has 2 aromatic heterocycles. The van der Waals surface area contributed by atoms with Crippen LogP contribution in [0.3, 0.4) is 0 Å². The second kappa shape index (κ2) is 6.31. The molecule has 7 heteroatoms. The number of nitrogens with zero attached hydrogens (tertiary/aromatic N) is 3. The number of imidazole rings is 1. The van der Waals surface area contributed by atoms with Crippen molar-refractivity contribution in [2.75, 3.05) is 31.1 Å². The number of aliphatic hydroxyl groups is 1. The number of hydrogen-bond acceptors (Lipinski definition) is 6. The minimum atomic E-state index is -0.138. The zero-order valence-corrected chi connectivity index (χ0v) is 13.3. The van der Waals surface area contributed by atoms with E-state index in [1.807, 2.05) is 6.92 Å². The predicted octanol–water partition coefficient (Wildman–Crippen LogP) is 1.09. The number of ether oxygens (including phenoxy) is 1. The molecule has 0 bridgehead atoms. The molecular formula is C14H22N4O2S. The Morgan fingerprint density at radius 1 is 1.52 bits per heavy atom. The zero-order valence-electron chi connectivity index (χ0n) is 12.5. The quantitative estimate of drug-likeness (QED) is 0.866. The van der Waals surface area contributed by atoms with Gasteiger partial charge < -0.3 is 20.1 Å². The first kappa shape index (κ1) is 14.8. The molecule has 6 nitrogen and oxygen atoms in total. The van der Waals surface area contributed by atoms with Crippen molar-refractivity contribution in [3.05, 3.63) is 17.3 Å². The van der Waals surface area contributed by atoms with Gasteiger partial charge in [-0.2, -0.15) is 0 Å². The van der Waals surface area contributed by atoms with E-state index in [1.165, 1.54) is 5.69 Å². The van der Waals surface area contributed by atoms with Gasteiger partial charge in [0.25, 0.3) is 0 Å². The largest absolute Gasteiger partial charge is 0.394 e. The third-order valence-electron chi connectivity index (χ3n) is 3.71. The van der Waals surface area contributed by atoms with E-state index in [-0.39, 0.29) is 18.8 Å². The molecule has 1 fully saturated rings. The average molecular weight is 310 g/mol. The van der Waals surface area contributed by atoms with Crippen LogP contribution in [0.25, 0.3) is 4.96 Å². The maximum Gasteiger partial charge on any atom is 0.195 e. The van der Waals surface area contributed by atoms with Crippen molar-refractivity contribution < 1.29 is 9.84 Å². The molecule has 2 aromatic rings. The van der Waals surface area contributed by atoms with Gasteiger partial charge in [-0.1, -0.05) is 6.92 Å². The van der Waals surface area contributed by atoms with Crippen LogP contribution in [0.5, 0.6) is 0 Å². The SMILES string of the molecule is CCNCc1c(N2CC(C)OC(CO)C2)nc2sccn12. The minimum Gasteiger partial charge on any atom is -0.394 e. The number of rotatable bonds is 5. The summed E-state index contributed by atoms with van der Waals surface area (Å²) in [5.41, 5.74) is 1.18. The first-order valence-corrected chi connectivity index (χ1v) is 8.27. The minimum absolute atomic E-state index is 0.0472. The standard InChI is InChI=1S/C14H22N4O2S/c1-3-15-6-12-13(16-14-18(12)4-5-21-14)17-7-10(2)20-11(8-17)9-19/h4-5,10-11,15,19H,3,6-9H2,1-2H3. The Bertz CT molecular complexity index is 597. The van der Waals surface area contributed by atoms with E-state index in [4.69, 9.17) is 9.72 Å². The molecular weight excluding hydrogens is 288 g/mol. The molecule has 3 heterocycles. The Kier molecular flexibility index (Phi) is 4.44. The maximum absolute atomic E-state index is 9.40. The van der Waals surface area contributed by atoms with Crippen LogP contribution in [-0.4, -0.2) is 52.9 Å². The van der Waals surface area contributed by atoms with Crippen LogP contribution in [0.1, 0.15) is 19.5 Å². The Morgan fingerprint density at radius 3 is 3.14 bits per heavy atom. The monoisotopic (exact) mass is 310 g/mol. The second-order valence-corrected chi connectivity index (χ2v) is 6.25. The fourth-order valence-corrected chi connectivity index (χ4v) is 3.53. The first-order chi connectivity index (χ1) is 10.2. The fraction of sp³-hybridized carbons (Fsp3) is 0.643. The van der Waals surface area contributed by atoms with E-state index in [9.17, 15) is 5.11 Å². The van der Waals surface area contributed by atoms with Crippen molar-refractivity contribution in [2.24, 2.45) is 0 Å². The molecule has 2 unspecified atom stereocenters. The summed E-state index contributed by atoms with van der Waals surface area (Å²) in [6.07, 6.45) is 2.03. The molecule has 0 saturated carbocycles. The molecule has 1 aliphatic heterocycles. The average Bonchev–Trinajstić information content (AvgIpc) is 3.05. The topological polar surface area (TPSA) is 62.0 Å². The van der Waals surface area contributed by atoms with Crippen LogP contribution >= 0.6 is 11.3 Å². The number of nitrogens with one attached hydrogen (secondary N) is 1. The van der Waals surface area contributed by atoms with Gasteiger partial charge in [0.05, 0.1) is 24.5 Å². The van der Waals surface area contributed by atoms with Crippen molar-refractivity contribution in [1.82, 2.24) is 14.7 Å². The van der Waals surface area contributed by atoms with Crippen LogP contribution in [0.2, 0.25) is 0 Å². The van der Waals surface area contributed by atoms with E-state index in [0.29, 0.717) is 6.54 Å². The molecule has 1 aliphatic rings. The highest BCUT2D eigenvalue weighted by Crippen LogP contribution is 2.27. The van der Waals surface area contributed by atoms with Gasteiger partial charge in [0.2, 0.25) is 0 Å². The number of aromatic nitrogens is 2. The number of aliphatic hydroxyl groups excluding tert-OH is 1. The van der Waals surface area contributed by atoms with Crippen LogP contribution in [-0.2, 0) is 11.3 Å². The molecule has 0 amide bonds. The smallest absolute Gasteiger partial charge is 0.195 e. The summed E-state index contributed by atoms with van der Waals surface area (Å²) in [5.74, 6) is 1.01.